The van der Waals surface area contributed by atoms with Crippen LogP contribution in [0.1, 0.15) is 18.9 Å². The maximum Gasteiger partial charge on any atom is 0.228 e. The maximum absolute atomic E-state index is 13.0. The molecule has 1 aromatic carbocycles. The Balaban J connectivity index is 1.36. The molecule has 2 fully saturated rings. The van der Waals surface area contributed by atoms with Crippen LogP contribution in [0, 0.1) is 5.92 Å². The molecule has 0 N–H and O–H groups in total. The van der Waals surface area contributed by atoms with E-state index in [1.807, 2.05) is 29.2 Å². The van der Waals surface area contributed by atoms with Gasteiger partial charge in [-0.15, -0.1) is 0 Å². The molecule has 2 aliphatic heterocycles. The van der Waals surface area contributed by atoms with E-state index < -0.39 is 0 Å². The van der Waals surface area contributed by atoms with E-state index in [-0.39, 0.29) is 17.7 Å². The average Bonchev–Trinajstić information content (AvgIpc) is 3.15. The highest BCUT2D eigenvalue weighted by atomic mass is 16.2. The molecular weight excluding hydrogens is 352 g/mol. The van der Waals surface area contributed by atoms with Gasteiger partial charge in [0.2, 0.25) is 11.8 Å². The lowest BCUT2D eigenvalue weighted by atomic mass is 10.1. The first kappa shape index (κ1) is 18.5. The first-order valence-corrected chi connectivity index (χ1v) is 9.98. The van der Waals surface area contributed by atoms with E-state index in [0.29, 0.717) is 26.1 Å². The first-order valence-electron chi connectivity index (χ1n) is 9.98. The number of pyridine rings is 1. The van der Waals surface area contributed by atoms with Crippen molar-refractivity contribution in [3.05, 3.63) is 54.4 Å². The highest BCUT2D eigenvalue weighted by molar-refractivity contribution is 6.00. The molecule has 0 aliphatic carbocycles. The molecule has 146 valence electrons. The predicted molar refractivity (Wildman–Crippen MR) is 109 cm³/mol. The minimum atomic E-state index is -0.245. The van der Waals surface area contributed by atoms with Crippen LogP contribution in [0.2, 0.25) is 0 Å². The van der Waals surface area contributed by atoms with Crippen molar-refractivity contribution in [3.8, 4) is 0 Å². The number of aryl methyl sites for hydroxylation is 1. The molecule has 6 heteroatoms. The number of carbonyl (C=O) groups is 2. The van der Waals surface area contributed by atoms with Gasteiger partial charge >= 0.3 is 0 Å². The maximum atomic E-state index is 13.0. The molecule has 2 amide bonds. The third kappa shape index (κ3) is 3.72. The number of rotatable bonds is 4. The zero-order valence-corrected chi connectivity index (χ0v) is 16.3. The average molecular weight is 378 g/mol. The van der Waals surface area contributed by atoms with Crippen LogP contribution in [0.5, 0.6) is 0 Å². The number of piperazine rings is 1. The lowest BCUT2D eigenvalue weighted by Gasteiger charge is -2.37. The van der Waals surface area contributed by atoms with Gasteiger partial charge in [0.1, 0.15) is 0 Å². The summed E-state index contributed by atoms with van der Waals surface area (Å²) in [4.78, 5) is 35.5. The number of anilines is 2. The summed E-state index contributed by atoms with van der Waals surface area (Å²) in [5.41, 5.74) is 3.27. The standard InChI is InChI=1S/C22H26N4O2/c1-2-17-3-5-20(6-4-17)26-16-18(15-21(26)27)22(28)25-13-11-24(12-14-25)19-7-9-23-10-8-19/h3-10,18H,2,11-16H2,1H3. The summed E-state index contributed by atoms with van der Waals surface area (Å²) in [6.07, 6.45) is 4.86. The van der Waals surface area contributed by atoms with Crippen LogP contribution in [0.15, 0.2) is 48.8 Å². The second-order valence-corrected chi connectivity index (χ2v) is 7.44. The van der Waals surface area contributed by atoms with Crippen LogP contribution < -0.4 is 9.80 Å². The van der Waals surface area contributed by atoms with Gasteiger partial charge in [-0.3, -0.25) is 14.6 Å². The van der Waals surface area contributed by atoms with Crippen molar-refractivity contribution >= 4 is 23.2 Å². The van der Waals surface area contributed by atoms with Gasteiger partial charge in [0.05, 0.1) is 5.92 Å². The first-order chi connectivity index (χ1) is 13.7. The van der Waals surface area contributed by atoms with Gasteiger partial charge in [-0.2, -0.15) is 0 Å². The predicted octanol–water partition coefficient (Wildman–Crippen LogP) is 2.35. The minimum absolute atomic E-state index is 0.0398. The molecule has 0 radical (unpaired) electrons. The topological polar surface area (TPSA) is 56.8 Å². The zero-order chi connectivity index (χ0) is 19.5. The summed E-state index contributed by atoms with van der Waals surface area (Å²) in [5, 5.41) is 0. The van der Waals surface area contributed by atoms with Crippen molar-refractivity contribution in [1.29, 1.82) is 0 Å². The van der Waals surface area contributed by atoms with Gasteiger partial charge in [0.25, 0.3) is 0 Å². The fraction of sp³-hybridized carbons (Fsp3) is 0.409. The summed E-state index contributed by atoms with van der Waals surface area (Å²) < 4.78 is 0. The fourth-order valence-corrected chi connectivity index (χ4v) is 4.03. The van der Waals surface area contributed by atoms with Gasteiger partial charge in [0.15, 0.2) is 0 Å². The third-order valence-electron chi connectivity index (χ3n) is 5.75. The number of amides is 2. The summed E-state index contributed by atoms with van der Waals surface area (Å²) in [6, 6.07) is 12.1. The lowest BCUT2D eigenvalue weighted by molar-refractivity contribution is -0.136. The molecule has 2 aromatic rings. The molecule has 1 aromatic heterocycles. The smallest absolute Gasteiger partial charge is 0.228 e. The van der Waals surface area contributed by atoms with Gasteiger partial charge < -0.3 is 14.7 Å². The lowest BCUT2D eigenvalue weighted by Crippen LogP contribution is -2.50. The summed E-state index contributed by atoms with van der Waals surface area (Å²) >= 11 is 0. The van der Waals surface area contributed by atoms with Crippen molar-refractivity contribution < 1.29 is 9.59 Å². The normalized spacial score (nSPS) is 20.0. The molecular formula is C22H26N4O2. The Bertz CT molecular complexity index is 829. The Morgan fingerprint density at radius 2 is 1.68 bits per heavy atom. The monoisotopic (exact) mass is 378 g/mol. The molecule has 1 atom stereocenters. The molecule has 0 saturated carbocycles. The number of hydrogen-bond acceptors (Lipinski definition) is 4. The van der Waals surface area contributed by atoms with Crippen molar-refractivity contribution in [2.24, 2.45) is 5.92 Å². The SMILES string of the molecule is CCc1ccc(N2CC(C(=O)N3CCN(c4ccncc4)CC3)CC2=O)cc1. The molecule has 0 bridgehead atoms. The largest absolute Gasteiger partial charge is 0.368 e. The van der Waals surface area contributed by atoms with Crippen LogP contribution in [0.3, 0.4) is 0 Å². The number of hydrogen-bond donors (Lipinski definition) is 0. The summed E-state index contributed by atoms with van der Waals surface area (Å²) in [6.45, 7) is 5.58. The van der Waals surface area contributed by atoms with E-state index in [1.165, 1.54) is 5.56 Å². The van der Waals surface area contributed by atoms with Crippen LogP contribution in [-0.4, -0.2) is 54.4 Å². The van der Waals surface area contributed by atoms with Gasteiger partial charge in [-0.1, -0.05) is 19.1 Å². The quantitative estimate of drug-likeness (QED) is 0.820. The number of aromatic nitrogens is 1. The highest BCUT2D eigenvalue weighted by Gasteiger charge is 2.37. The van der Waals surface area contributed by atoms with Crippen molar-refractivity contribution in [2.75, 3.05) is 42.5 Å². The number of nitrogens with zero attached hydrogens (tertiary/aromatic N) is 4. The highest BCUT2D eigenvalue weighted by Crippen LogP contribution is 2.27. The molecule has 1 unspecified atom stereocenters. The number of benzene rings is 1. The molecule has 3 heterocycles. The Labute approximate surface area is 165 Å². The summed E-state index contributed by atoms with van der Waals surface area (Å²) in [5.74, 6) is -0.0979. The van der Waals surface area contributed by atoms with E-state index in [2.05, 4.69) is 28.9 Å². The van der Waals surface area contributed by atoms with Crippen molar-refractivity contribution in [3.63, 3.8) is 0 Å². The molecule has 28 heavy (non-hydrogen) atoms. The van der Waals surface area contributed by atoms with Crippen molar-refractivity contribution in [1.82, 2.24) is 9.88 Å². The van der Waals surface area contributed by atoms with E-state index >= 15 is 0 Å². The van der Waals surface area contributed by atoms with Crippen LogP contribution >= 0.6 is 0 Å². The second-order valence-electron chi connectivity index (χ2n) is 7.44. The van der Waals surface area contributed by atoms with Crippen LogP contribution in [0.25, 0.3) is 0 Å². The van der Waals surface area contributed by atoms with Gasteiger partial charge in [0, 0.05) is 62.9 Å². The molecule has 0 spiro atoms. The second kappa shape index (κ2) is 8.00. The fourth-order valence-electron chi connectivity index (χ4n) is 4.03. The molecule has 4 rings (SSSR count). The molecule has 2 saturated heterocycles. The summed E-state index contributed by atoms with van der Waals surface area (Å²) in [7, 11) is 0. The van der Waals surface area contributed by atoms with Gasteiger partial charge in [-0.05, 0) is 36.2 Å². The van der Waals surface area contributed by atoms with Gasteiger partial charge in [-0.25, -0.2) is 0 Å². The number of carbonyl (C=O) groups excluding carboxylic acids is 2. The van der Waals surface area contributed by atoms with E-state index in [1.54, 1.807) is 17.3 Å². The van der Waals surface area contributed by atoms with Crippen molar-refractivity contribution in [2.45, 2.75) is 19.8 Å². The Morgan fingerprint density at radius 3 is 2.32 bits per heavy atom. The third-order valence-corrected chi connectivity index (χ3v) is 5.75. The van der Waals surface area contributed by atoms with E-state index in [4.69, 9.17) is 0 Å². The van der Waals surface area contributed by atoms with Crippen LogP contribution in [0.4, 0.5) is 11.4 Å². The Hall–Kier alpha value is -2.89. The molecule has 2 aliphatic rings. The molecule has 6 nitrogen and oxygen atoms in total. The zero-order valence-electron chi connectivity index (χ0n) is 16.3. The van der Waals surface area contributed by atoms with Crippen LogP contribution in [-0.2, 0) is 16.0 Å². The Morgan fingerprint density at radius 1 is 1.00 bits per heavy atom. The van der Waals surface area contributed by atoms with E-state index in [9.17, 15) is 9.59 Å². The van der Waals surface area contributed by atoms with E-state index in [0.717, 1.165) is 30.9 Å². The minimum Gasteiger partial charge on any atom is -0.368 e. The Kier molecular flexibility index (Phi) is 5.28.